The highest BCUT2D eigenvalue weighted by atomic mass is 16.5. The van der Waals surface area contributed by atoms with Crippen LogP contribution in [0.5, 0.6) is 5.75 Å². The van der Waals surface area contributed by atoms with E-state index in [1.54, 1.807) is 0 Å². The Morgan fingerprint density at radius 1 is 1.16 bits per heavy atom. The van der Waals surface area contributed by atoms with Gasteiger partial charge in [0.15, 0.2) is 0 Å². The maximum atomic E-state index is 9.13. The normalized spacial score (nSPS) is 21.7. The van der Waals surface area contributed by atoms with E-state index < -0.39 is 0 Å². The molecule has 1 aliphatic rings. The van der Waals surface area contributed by atoms with Gasteiger partial charge in [-0.25, -0.2) is 0 Å². The molecule has 1 fully saturated rings. The second kappa shape index (κ2) is 4.91. The summed E-state index contributed by atoms with van der Waals surface area (Å²) >= 11 is 0. The number of nitrogens with two attached hydrogens (primary N) is 1. The zero-order valence-electron chi connectivity index (χ0n) is 10.7. The lowest BCUT2D eigenvalue weighted by Crippen LogP contribution is -2.37. The van der Waals surface area contributed by atoms with E-state index in [9.17, 15) is 0 Å². The van der Waals surface area contributed by atoms with Crippen molar-refractivity contribution < 1.29 is 4.74 Å². The lowest BCUT2D eigenvalue weighted by atomic mass is 9.82. The van der Waals surface area contributed by atoms with Crippen LogP contribution in [0.25, 0.3) is 10.8 Å². The standard InChI is InChI=1S/C16H16N2O/c17-9-11-7-13(8-11)19-16-6-5-12(10-18)14-3-1-2-4-15(14)16/h1-6,11,13H,7-9,17H2. The summed E-state index contributed by atoms with van der Waals surface area (Å²) in [4.78, 5) is 0. The average molecular weight is 252 g/mol. The van der Waals surface area contributed by atoms with Crippen molar-refractivity contribution >= 4 is 10.8 Å². The molecule has 1 aliphatic carbocycles. The number of rotatable bonds is 3. The molecule has 0 heterocycles. The molecule has 3 rings (SSSR count). The van der Waals surface area contributed by atoms with Crippen molar-refractivity contribution in [3.8, 4) is 11.8 Å². The minimum atomic E-state index is 0.268. The summed E-state index contributed by atoms with van der Waals surface area (Å²) in [6, 6.07) is 13.8. The SMILES string of the molecule is N#Cc1ccc(OC2CC(CN)C2)c2ccccc12. The molecule has 96 valence electrons. The second-order valence-corrected chi connectivity index (χ2v) is 5.08. The lowest BCUT2D eigenvalue weighted by Gasteiger charge is -2.34. The molecule has 0 aliphatic heterocycles. The van der Waals surface area contributed by atoms with E-state index in [0.717, 1.165) is 35.9 Å². The van der Waals surface area contributed by atoms with Gasteiger partial charge in [-0.3, -0.25) is 0 Å². The van der Waals surface area contributed by atoms with Gasteiger partial charge in [0, 0.05) is 10.8 Å². The summed E-state index contributed by atoms with van der Waals surface area (Å²) in [6.07, 6.45) is 2.33. The Hall–Kier alpha value is -2.05. The summed E-state index contributed by atoms with van der Waals surface area (Å²) in [5, 5.41) is 11.1. The number of ether oxygens (including phenoxy) is 1. The number of fused-ring (bicyclic) bond motifs is 1. The maximum absolute atomic E-state index is 9.13. The summed E-state index contributed by atoms with van der Waals surface area (Å²) in [5.74, 6) is 1.48. The van der Waals surface area contributed by atoms with Gasteiger partial charge < -0.3 is 10.5 Å². The van der Waals surface area contributed by atoms with Gasteiger partial charge in [-0.1, -0.05) is 24.3 Å². The molecule has 1 saturated carbocycles. The molecule has 0 spiro atoms. The lowest BCUT2D eigenvalue weighted by molar-refractivity contribution is 0.0704. The van der Waals surface area contributed by atoms with Crippen LogP contribution in [-0.4, -0.2) is 12.6 Å². The number of nitrogens with zero attached hydrogens (tertiary/aromatic N) is 1. The monoisotopic (exact) mass is 252 g/mol. The average Bonchev–Trinajstić information content (AvgIpc) is 2.42. The molecule has 2 aromatic carbocycles. The van der Waals surface area contributed by atoms with Crippen LogP contribution in [0.15, 0.2) is 36.4 Å². The highest BCUT2D eigenvalue weighted by molar-refractivity contribution is 5.92. The van der Waals surface area contributed by atoms with Gasteiger partial charge in [-0.2, -0.15) is 5.26 Å². The van der Waals surface area contributed by atoms with E-state index >= 15 is 0 Å². The molecule has 3 nitrogen and oxygen atoms in total. The van der Waals surface area contributed by atoms with E-state index in [0.29, 0.717) is 11.5 Å². The predicted octanol–water partition coefficient (Wildman–Crippen LogP) is 2.83. The molecule has 0 atom stereocenters. The van der Waals surface area contributed by atoms with E-state index in [-0.39, 0.29) is 6.10 Å². The summed E-state index contributed by atoms with van der Waals surface area (Å²) < 4.78 is 6.03. The van der Waals surface area contributed by atoms with Crippen LogP contribution in [0.4, 0.5) is 0 Å². The van der Waals surface area contributed by atoms with Crippen LogP contribution in [0.1, 0.15) is 18.4 Å². The number of benzene rings is 2. The minimum Gasteiger partial charge on any atom is -0.490 e. The first-order chi connectivity index (χ1) is 9.31. The quantitative estimate of drug-likeness (QED) is 0.913. The van der Waals surface area contributed by atoms with Crippen molar-refractivity contribution in [3.05, 3.63) is 42.0 Å². The zero-order valence-corrected chi connectivity index (χ0v) is 10.7. The third kappa shape index (κ3) is 2.16. The van der Waals surface area contributed by atoms with Crippen LogP contribution in [0.3, 0.4) is 0 Å². The van der Waals surface area contributed by atoms with Crippen LogP contribution in [0, 0.1) is 17.2 Å². The van der Waals surface area contributed by atoms with Crippen molar-refractivity contribution in [2.75, 3.05) is 6.54 Å². The van der Waals surface area contributed by atoms with Crippen molar-refractivity contribution in [2.45, 2.75) is 18.9 Å². The largest absolute Gasteiger partial charge is 0.490 e. The molecule has 3 heteroatoms. The Labute approximate surface area is 112 Å². The highest BCUT2D eigenvalue weighted by Crippen LogP contribution is 2.34. The van der Waals surface area contributed by atoms with Gasteiger partial charge in [0.1, 0.15) is 5.75 Å². The summed E-state index contributed by atoms with van der Waals surface area (Å²) in [5.41, 5.74) is 6.32. The van der Waals surface area contributed by atoms with E-state index in [4.69, 9.17) is 15.7 Å². The Morgan fingerprint density at radius 2 is 1.89 bits per heavy atom. The van der Waals surface area contributed by atoms with Crippen molar-refractivity contribution in [1.82, 2.24) is 0 Å². The molecule has 0 radical (unpaired) electrons. The molecule has 0 aromatic heterocycles. The maximum Gasteiger partial charge on any atom is 0.127 e. The van der Waals surface area contributed by atoms with Gasteiger partial charge in [0.25, 0.3) is 0 Å². The number of hydrogen-bond acceptors (Lipinski definition) is 3. The molecule has 0 amide bonds. The van der Waals surface area contributed by atoms with Crippen molar-refractivity contribution in [3.63, 3.8) is 0 Å². The third-order valence-corrected chi connectivity index (χ3v) is 3.82. The molecule has 0 bridgehead atoms. The summed E-state index contributed by atoms with van der Waals surface area (Å²) in [7, 11) is 0. The Balaban J connectivity index is 1.91. The Bertz CT molecular complexity index is 639. The minimum absolute atomic E-state index is 0.268. The van der Waals surface area contributed by atoms with E-state index in [1.165, 1.54) is 0 Å². The molecule has 19 heavy (non-hydrogen) atoms. The molecule has 0 saturated heterocycles. The molecular weight excluding hydrogens is 236 g/mol. The predicted molar refractivity (Wildman–Crippen MR) is 74.9 cm³/mol. The van der Waals surface area contributed by atoms with Crippen molar-refractivity contribution in [1.29, 1.82) is 5.26 Å². The second-order valence-electron chi connectivity index (χ2n) is 5.08. The topological polar surface area (TPSA) is 59.0 Å². The smallest absolute Gasteiger partial charge is 0.127 e. The third-order valence-electron chi connectivity index (χ3n) is 3.82. The zero-order chi connectivity index (χ0) is 13.2. The Kier molecular flexibility index (Phi) is 3.10. The van der Waals surface area contributed by atoms with Gasteiger partial charge in [-0.05, 0) is 37.4 Å². The van der Waals surface area contributed by atoms with Crippen LogP contribution in [0.2, 0.25) is 0 Å². The van der Waals surface area contributed by atoms with Crippen molar-refractivity contribution in [2.24, 2.45) is 11.7 Å². The van der Waals surface area contributed by atoms with E-state index in [1.807, 2.05) is 36.4 Å². The molecule has 2 aromatic rings. The first-order valence-electron chi connectivity index (χ1n) is 6.60. The van der Waals surface area contributed by atoms with Crippen LogP contribution >= 0.6 is 0 Å². The fourth-order valence-electron chi connectivity index (χ4n) is 2.61. The highest BCUT2D eigenvalue weighted by Gasteiger charge is 2.29. The van der Waals surface area contributed by atoms with Gasteiger partial charge in [0.05, 0.1) is 17.7 Å². The molecule has 2 N–H and O–H groups in total. The fourth-order valence-corrected chi connectivity index (χ4v) is 2.61. The molecule has 0 unspecified atom stereocenters. The van der Waals surface area contributed by atoms with Gasteiger partial charge in [-0.15, -0.1) is 0 Å². The van der Waals surface area contributed by atoms with E-state index in [2.05, 4.69) is 6.07 Å². The molecular formula is C16H16N2O. The van der Waals surface area contributed by atoms with Crippen LogP contribution in [-0.2, 0) is 0 Å². The fraction of sp³-hybridized carbons (Fsp3) is 0.312. The Morgan fingerprint density at radius 3 is 2.58 bits per heavy atom. The van der Waals surface area contributed by atoms with Gasteiger partial charge in [0.2, 0.25) is 0 Å². The number of hydrogen-bond donors (Lipinski definition) is 1. The van der Waals surface area contributed by atoms with Gasteiger partial charge >= 0.3 is 0 Å². The summed E-state index contributed by atoms with van der Waals surface area (Å²) in [6.45, 7) is 0.744. The first kappa shape index (κ1) is 12.0. The van der Waals surface area contributed by atoms with Crippen LogP contribution < -0.4 is 10.5 Å². The number of nitriles is 1. The first-order valence-corrected chi connectivity index (χ1v) is 6.60.